The standard InChI is InChI=1S/C15H8Cl2N4O2/c16-11-2-1-3-12(17)13(11)22-15-21-20-14(23-15)19-10-6-4-9(8-18)5-7-10/h1-7H,(H,19,20). The molecular weight excluding hydrogens is 339 g/mol. The minimum atomic E-state index is -0.101. The number of nitriles is 1. The Hall–Kier alpha value is -2.75. The number of hydrogen-bond donors (Lipinski definition) is 1. The predicted molar refractivity (Wildman–Crippen MR) is 85.3 cm³/mol. The SMILES string of the molecule is N#Cc1ccc(Nc2nnc(Oc3c(Cl)cccc3Cl)o2)cc1. The summed E-state index contributed by atoms with van der Waals surface area (Å²) in [6.45, 7) is 0. The molecular formula is C15H8Cl2N4O2. The van der Waals surface area contributed by atoms with E-state index in [4.69, 9.17) is 37.6 Å². The average molecular weight is 347 g/mol. The molecule has 1 heterocycles. The van der Waals surface area contributed by atoms with Crippen molar-refractivity contribution in [1.82, 2.24) is 10.2 Å². The first kappa shape index (κ1) is 15.2. The molecule has 0 fully saturated rings. The van der Waals surface area contributed by atoms with Crippen LogP contribution in [0.15, 0.2) is 46.9 Å². The minimum absolute atomic E-state index is 0.101. The van der Waals surface area contributed by atoms with Gasteiger partial charge in [0.1, 0.15) is 0 Å². The number of ether oxygens (including phenoxy) is 1. The normalized spacial score (nSPS) is 10.1. The van der Waals surface area contributed by atoms with E-state index in [0.717, 1.165) is 0 Å². The topological polar surface area (TPSA) is 84.0 Å². The lowest BCUT2D eigenvalue weighted by Crippen LogP contribution is -1.90. The van der Waals surface area contributed by atoms with Crippen molar-refractivity contribution in [3.8, 4) is 17.9 Å². The van der Waals surface area contributed by atoms with Gasteiger partial charge >= 0.3 is 12.1 Å². The van der Waals surface area contributed by atoms with Crippen molar-refractivity contribution in [2.75, 3.05) is 5.32 Å². The largest absolute Gasteiger partial charge is 0.421 e. The summed E-state index contributed by atoms with van der Waals surface area (Å²) in [5, 5.41) is 19.9. The van der Waals surface area contributed by atoms with Crippen molar-refractivity contribution in [2.45, 2.75) is 0 Å². The number of para-hydroxylation sites is 1. The number of anilines is 2. The van der Waals surface area contributed by atoms with Gasteiger partial charge in [-0.3, -0.25) is 0 Å². The molecule has 0 saturated heterocycles. The monoisotopic (exact) mass is 346 g/mol. The van der Waals surface area contributed by atoms with Gasteiger partial charge in [0.25, 0.3) is 0 Å². The number of benzene rings is 2. The van der Waals surface area contributed by atoms with E-state index >= 15 is 0 Å². The summed E-state index contributed by atoms with van der Waals surface area (Å²) >= 11 is 12.0. The molecule has 1 N–H and O–H groups in total. The van der Waals surface area contributed by atoms with Crippen LogP contribution in [0, 0.1) is 11.3 Å². The summed E-state index contributed by atoms with van der Waals surface area (Å²) < 4.78 is 10.7. The van der Waals surface area contributed by atoms with Gasteiger partial charge in [0.15, 0.2) is 5.75 Å². The van der Waals surface area contributed by atoms with E-state index in [-0.39, 0.29) is 17.8 Å². The zero-order chi connectivity index (χ0) is 16.2. The van der Waals surface area contributed by atoms with Gasteiger partial charge in [-0.25, -0.2) is 0 Å². The zero-order valence-corrected chi connectivity index (χ0v) is 13.0. The highest BCUT2D eigenvalue weighted by molar-refractivity contribution is 6.37. The Bertz CT molecular complexity index is 852. The molecule has 6 nitrogen and oxygen atoms in total. The van der Waals surface area contributed by atoms with Crippen molar-refractivity contribution >= 4 is 34.9 Å². The van der Waals surface area contributed by atoms with Crippen LogP contribution in [-0.2, 0) is 0 Å². The molecule has 0 aliphatic heterocycles. The Morgan fingerprint density at radius 2 is 1.74 bits per heavy atom. The van der Waals surface area contributed by atoms with E-state index in [9.17, 15) is 0 Å². The first-order valence-electron chi connectivity index (χ1n) is 6.38. The summed E-state index contributed by atoms with van der Waals surface area (Å²) in [4.78, 5) is 0. The summed E-state index contributed by atoms with van der Waals surface area (Å²) in [6.07, 6.45) is -0.101. The van der Waals surface area contributed by atoms with Crippen molar-refractivity contribution in [3.63, 3.8) is 0 Å². The lowest BCUT2D eigenvalue weighted by Gasteiger charge is -2.04. The minimum Gasteiger partial charge on any atom is -0.407 e. The Morgan fingerprint density at radius 3 is 2.39 bits per heavy atom. The molecule has 0 bridgehead atoms. The number of aromatic nitrogens is 2. The summed E-state index contributed by atoms with van der Waals surface area (Å²) in [7, 11) is 0. The van der Waals surface area contributed by atoms with Crippen LogP contribution >= 0.6 is 23.2 Å². The second-order valence-corrected chi connectivity index (χ2v) is 5.15. The van der Waals surface area contributed by atoms with Crippen molar-refractivity contribution < 1.29 is 9.15 Å². The van der Waals surface area contributed by atoms with Crippen molar-refractivity contribution in [2.24, 2.45) is 0 Å². The molecule has 1 aromatic heterocycles. The molecule has 0 aliphatic rings. The van der Waals surface area contributed by atoms with Gasteiger partial charge in [0.2, 0.25) is 0 Å². The van der Waals surface area contributed by atoms with Gasteiger partial charge in [0, 0.05) is 5.69 Å². The van der Waals surface area contributed by atoms with E-state index in [1.807, 2.05) is 6.07 Å². The molecule has 3 aromatic rings. The molecule has 0 amide bonds. The zero-order valence-electron chi connectivity index (χ0n) is 11.5. The third-order valence-corrected chi connectivity index (χ3v) is 3.38. The lowest BCUT2D eigenvalue weighted by atomic mass is 10.2. The van der Waals surface area contributed by atoms with E-state index in [1.54, 1.807) is 42.5 Å². The fraction of sp³-hybridized carbons (Fsp3) is 0. The molecule has 0 aliphatic carbocycles. The molecule has 0 atom stereocenters. The number of halogens is 2. The average Bonchev–Trinajstić information content (AvgIpc) is 2.99. The molecule has 114 valence electrons. The highest BCUT2D eigenvalue weighted by atomic mass is 35.5. The molecule has 0 spiro atoms. The molecule has 8 heteroatoms. The predicted octanol–water partition coefficient (Wildman–Crippen LogP) is 4.78. The van der Waals surface area contributed by atoms with Crippen LogP contribution in [0.25, 0.3) is 0 Å². The summed E-state index contributed by atoms with van der Waals surface area (Å²) in [5.74, 6) is 0.240. The molecule has 23 heavy (non-hydrogen) atoms. The second kappa shape index (κ2) is 6.57. The number of rotatable bonds is 4. The van der Waals surface area contributed by atoms with Gasteiger partial charge < -0.3 is 14.5 Å². The molecule has 0 saturated carbocycles. The van der Waals surface area contributed by atoms with Gasteiger partial charge in [-0.2, -0.15) is 5.26 Å². The van der Waals surface area contributed by atoms with Crippen LogP contribution in [0.2, 0.25) is 10.0 Å². The van der Waals surface area contributed by atoms with Crippen molar-refractivity contribution in [3.05, 3.63) is 58.1 Å². The maximum atomic E-state index is 8.76. The van der Waals surface area contributed by atoms with Crippen LogP contribution < -0.4 is 10.1 Å². The summed E-state index contributed by atoms with van der Waals surface area (Å²) in [5.41, 5.74) is 1.24. The van der Waals surface area contributed by atoms with Crippen LogP contribution in [0.5, 0.6) is 11.8 Å². The smallest absolute Gasteiger partial charge is 0.407 e. The molecule has 0 radical (unpaired) electrons. The van der Waals surface area contributed by atoms with Gasteiger partial charge in [-0.15, -0.1) is 0 Å². The fourth-order valence-electron chi connectivity index (χ4n) is 1.72. The van der Waals surface area contributed by atoms with Crippen molar-refractivity contribution in [1.29, 1.82) is 5.26 Å². The van der Waals surface area contributed by atoms with Gasteiger partial charge in [0.05, 0.1) is 21.7 Å². The highest BCUT2D eigenvalue weighted by Crippen LogP contribution is 2.35. The first-order chi connectivity index (χ1) is 11.2. The maximum absolute atomic E-state index is 8.76. The lowest BCUT2D eigenvalue weighted by molar-refractivity contribution is 0.336. The van der Waals surface area contributed by atoms with E-state index < -0.39 is 0 Å². The van der Waals surface area contributed by atoms with Gasteiger partial charge in [-0.1, -0.05) is 39.5 Å². The molecule has 2 aromatic carbocycles. The van der Waals surface area contributed by atoms with Crippen LogP contribution in [0.4, 0.5) is 11.7 Å². The number of hydrogen-bond acceptors (Lipinski definition) is 6. The fourth-order valence-corrected chi connectivity index (χ4v) is 2.20. The first-order valence-corrected chi connectivity index (χ1v) is 7.14. The number of nitrogens with zero attached hydrogens (tertiary/aromatic N) is 3. The van der Waals surface area contributed by atoms with E-state index in [1.165, 1.54) is 0 Å². The molecule has 3 rings (SSSR count). The highest BCUT2D eigenvalue weighted by Gasteiger charge is 2.13. The van der Waals surface area contributed by atoms with E-state index in [2.05, 4.69) is 15.5 Å². The number of nitrogens with one attached hydrogen (secondary N) is 1. The Balaban J connectivity index is 1.74. The second-order valence-electron chi connectivity index (χ2n) is 4.34. The van der Waals surface area contributed by atoms with Crippen LogP contribution in [0.1, 0.15) is 5.56 Å². The summed E-state index contributed by atoms with van der Waals surface area (Å²) in [6, 6.07) is 13.9. The third kappa shape index (κ3) is 3.54. The molecule has 0 unspecified atom stereocenters. The van der Waals surface area contributed by atoms with Crippen LogP contribution in [-0.4, -0.2) is 10.2 Å². The Morgan fingerprint density at radius 1 is 1.04 bits per heavy atom. The quantitative estimate of drug-likeness (QED) is 0.731. The third-order valence-electron chi connectivity index (χ3n) is 2.78. The Labute approximate surface area is 141 Å². The van der Waals surface area contributed by atoms with E-state index in [0.29, 0.717) is 21.3 Å². The Kier molecular flexibility index (Phi) is 4.33. The van der Waals surface area contributed by atoms with Gasteiger partial charge in [-0.05, 0) is 36.4 Å². The van der Waals surface area contributed by atoms with Crippen LogP contribution in [0.3, 0.4) is 0 Å². The maximum Gasteiger partial charge on any atom is 0.421 e.